The molecule has 1 aliphatic rings. The zero-order chi connectivity index (χ0) is 20.1. The Morgan fingerprint density at radius 1 is 1.21 bits per heavy atom. The van der Waals surface area contributed by atoms with Gasteiger partial charge < -0.3 is 10.6 Å². The van der Waals surface area contributed by atoms with Crippen LogP contribution in [-0.2, 0) is 9.59 Å². The van der Waals surface area contributed by atoms with Crippen molar-refractivity contribution < 1.29 is 9.59 Å². The smallest absolute Gasteiger partial charge is 0.234 e. The zero-order valence-corrected chi connectivity index (χ0v) is 16.9. The molecule has 0 aliphatic carbocycles. The number of nitriles is 1. The molecule has 0 aromatic heterocycles. The molecule has 2 aromatic rings. The van der Waals surface area contributed by atoms with E-state index in [1.165, 1.54) is 0 Å². The van der Waals surface area contributed by atoms with Gasteiger partial charge in [0.05, 0.1) is 22.4 Å². The van der Waals surface area contributed by atoms with Gasteiger partial charge in [-0.1, -0.05) is 53.2 Å². The van der Waals surface area contributed by atoms with Crippen LogP contribution < -0.4 is 10.6 Å². The second kappa shape index (κ2) is 9.16. The number of amides is 2. The summed E-state index contributed by atoms with van der Waals surface area (Å²) in [5, 5.41) is 16.6. The topological polar surface area (TPSA) is 82.0 Å². The van der Waals surface area contributed by atoms with Crippen molar-refractivity contribution in [3.05, 3.63) is 74.7 Å². The van der Waals surface area contributed by atoms with E-state index in [4.69, 9.17) is 23.2 Å². The lowest BCUT2D eigenvalue weighted by Gasteiger charge is -2.25. The summed E-state index contributed by atoms with van der Waals surface area (Å²) in [5.74, 6) is -0.872. The van der Waals surface area contributed by atoms with Gasteiger partial charge in [-0.3, -0.25) is 9.59 Å². The van der Waals surface area contributed by atoms with E-state index >= 15 is 0 Å². The van der Waals surface area contributed by atoms with Gasteiger partial charge in [0.2, 0.25) is 11.8 Å². The molecular weight excluding hydrogens is 417 g/mol. The average Bonchev–Trinajstić information content (AvgIpc) is 2.68. The van der Waals surface area contributed by atoms with Crippen molar-refractivity contribution in [1.29, 1.82) is 5.26 Å². The van der Waals surface area contributed by atoms with Gasteiger partial charge in [0.1, 0.15) is 0 Å². The van der Waals surface area contributed by atoms with Gasteiger partial charge in [-0.2, -0.15) is 5.26 Å². The number of nitrogens with one attached hydrogen (secondary N) is 2. The summed E-state index contributed by atoms with van der Waals surface area (Å²) in [4.78, 5) is 24.4. The predicted octanol–water partition coefficient (Wildman–Crippen LogP) is 4.70. The first-order valence-electron chi connectivity index (χ1n) is 8.34. The molecule has 1 aliphatic heterocycles. The Morgan fingerprint density at radius 3 is 2.61 bits per heavy atom. The number of hydrogen-bond acceptors (Lipinski definition) is 4. The highest BCUT2D eigenvalue weighted by Gasteiger charge is 2.31. The summed E-state index contributed by atoms with van der Waals surface area (Å²) >= 11 is 13.2. The molecule has 1 atom stereocenters. The first-order valence-corrected chi connectivity index (χ1v) is 10.1. The van der Waals surface area contributed by atoms with E-state index in [-0.39, 0.29) is 24.0 Å². The molecule has 8 heteroatoms. The average molecular weight is 432 g/mol. The zero-order valence-electron chi connectivity index (χ0n) is 14.5. The number of nitrogens with zero attached hydrogens (tertiary/aromatic N) is 1. The molecule has 2 N–H and O–H groups in total. The van der Waals surface area contributed by atoms with E-state index in [1.807, 2.05) is 6.07 Å². The van der Waals surface area contributed by atoms with Crippen molar-refractivity contribution in [3.63, 3.8) is 0 Å². The van der Waals surface area contributed by atoms with Crippen LogP contribution in [0.3, 0.4) is 0 Å². The van der Waals surface area contributed by atoms with Gasteiger partial charge in [-0.15, -0.1) is 0 Å². The largest absolute Gasteiger partial charge is 0.325 e. The molecular formula is C20H15Cl2N3O2S. The Morgan fingerprint density at radius 2 is 1.93 bits per heavy atom. The number of benzene rings is 2. The fourth-order valence-electron chi connectivity index (χ4n) is 2.82. The van der Waals surface area contributed by atoms with Crippen molar-refractivity contribution in [1.82, 2.24) is 5.32 Å². The van der Waals surface area contributed by atoms with Crippen LogP contribution in [0.15, 0.2) is 59.1 Å². The van der Waals surface area contributed by atoms with Crippen LogP contribution in [0.5, 0.6) is 0 Å². The van der Waals surface area contributed by atoms with Crippen LogP contribution >= 0.6 is 35.0 Å². The highest BCUT2D eigenvalue weighted by atomic mass is 35.5. The molecule has 3 rings (SSSR count). The lowest BCUT2D eigenvalue weighted by molar-refractivity contribution is -0.121. The van der Waals surface area contributed by atoms with Gasteiger partial charge in [0.15, 0.2) is 0 Å². The Kier molecular flexibility index (Phi) is 6.63. The molecule has 0 spiro atoms. The van der Waals surface area contributed by atoms with Crippen LogP contribution in [0.2, 0.25) is 10.0 Å². The van der Waals surface area contributed by atoms with E-state index in [0.29, 0.717) is 26.3 Å². The fraction of sp³-hybridized carbons (Fsp3) is 0.150. The number of rotatable bonds is 5. The number of allylic oxidation sites excluding steroid dienone is 1. The van der Waals surface area contributed by atoms with E-state index in [1.54, 1.807) is 42.5 Å². The Hall–Kier alpha value is -2.46. The van der Waals surface area contributed by atoms with Gasteiger partial charge in [0.25, 0.3) is 0 Å². The minimum atomic E-state index is -0.436. The van der Waals surface area contributed by atoms with Gasteiger partial charge >= 0.3 is 0 Å². The molecule has 0 radical (unpaired) electrons. The van der Waals surface area contributed by atoms with E-state index in [2.05, 4.69) is 16.7 Å². The van der Waals surface area contributed by atoms with Crippen LogP contribution in [-0.4, -0.2) is 17.6 Å². The van der Waals surface area contributed by atoms with Crippen LogP contribution in [0.1, 0.15) is 17.9 Å². The molecule has 28 heavy (non-hydrogen) atoms. The van der Waals surface area contributed by atoms with Crippen molar-refractivity contribution >= 4 is 52.5 Å². The number of anilines is 1. The summed E-state index contributed by atoms with van der Waals surface area (Å²) in [6, 6.07) is 16.1. The molecule has 0 unspecified atom stereocenters. The minimum Gasteiger partial charge on any atom is -0.325 e. The molecule has 142 valence electrons. The van der Waals surface area contributed by atoms with Crippen molar-refractivity contribution in [3.8, 4) is 6.07 Å². The molecule has 1 heterocycles. The minimum absolute atomic E-state index is 0.0403. The van der Waals surface area contributed by atoms with Crippen LogP contribution in [0, 0.1) is 11.3 Å². The molecule has 0 bridgehead atoms. The van der Waals surface area contributed by atoms with Crippen molar-refractivity contribution in [2.75, 3.05) is 11.1 Å². The number of hydrogen-bond donors (Lipinski definition) is 2. The number of thioether (sulfide) groups is 1. The quantitative estimate of drug-likeness (QED) is 0.718. The monoisotopic (exact) mass is 431 g/mol. The number of carbonyl (C=O) groups excluding carboxylic acids is 2. The summed E-state index contributed by atoms with van der Waals surface area (Å²) in [5.41, 5.74) is 1.74. The van der Waals surface area contributed by atoms with Crippen LogP contribution in [0.4, 0.5) is 5.69 Å². The highest BCUT2D eigenvalue weighted by Crippen LogP contribution is 2.38. The summed E-state index contributed by atoms with van der Waals surface area (Å²) in [7, 11) is 0. The highest BCUT2D eigenvalue weighted by molar-refractivity contribution is 8.03. The Balaban J connectivity index is 1.76. The maximum Gasteiger partial charge on any atom is 0.234 e. The third-order valence-corrected chi connectivity index (χ3v) is 5.73. The maximum atomic E-state index is 12.2. The second-order valence-corrected chi connectivity index (χ2v) is 7.85. The predicted molar refractivity (Wildman–Crippen MR) is 112 cm³/mol. The van der Waals surface area contributed by atoms with E-state index in [9.17, 15) is 14.9 Å². The molecule has 0 fully saturated rings. The van der Waals surface area contributed by atoms with Gasteiger partial charge in [0, 0.05) is 28.1 Å². The Labute approximate surface area is 176 Å². The van der Waals surface area contributed by atoms with Gasteiger partial charge in [-0.25, -0.2) is 0 Å². The normalized spacial score (nSPS) is 16.3. The first-order chi connectivity index (χ1) is 13.5. The fourth-order valence-corrected chi connectivity index (χ4v) is 4.09. The third-order valence-electron chi connectivity index (χ3n) is 4.11. The van der Waals surface area contributed by atoms with Gasteiger partial charge in [-0.05, 0) is 35.9 Å². The third kappa shape index (κ3) is 4.87. The molecule has 0 saturated heterocycles. The lowest BCUT2D eigenvalue weighted by atomic mass is 9.87. The second-order valence-electron chi connectivity index (χ2n) is 6.02. The molecule has 2 amide bonds. The molecule has 2 aromatic carbocycles. The standard InChI is InChI=1S/C20H15Cl2N3O2S/c21-12-5-7-13(8-6-12)24-19(27)11-28-20-16(10-23)15(9-18(26)25-20)14-3-1-2-4-17(14)22/h1-8,15H,9,11H2,(H,24,27)(H,25,26)/t15-/m1/s1. The lowest BCUT2D eigenvalue weighted by Crippen LogP contribution is -2.31. The summed E-state index contributed by atoms with van der Waals surface area (Å²) in [6.45, 7) is 0. The van der Waals surface area contributed by atoms with Crippen molar-refractivity contribution in [2.45, 2.75) is 12.3 Å². The number of carbonyl (C=O) groups is 2. The van der Waals surface area contributed by atoms with Crippen molar-refractivity contribution in [2.24, 2.45) is 0 Å². The summed E-state index contributed by atoms with van der Waals surface area (Å²) < 4.78 is 0. The molecule has 0 saturated carbocycles. The Bertz CT molecular complexity index is 984. The first kappa shape index (κ1) is 20.3. The van der Waals surface area contributed by atoms with E-state index in [0.717, 1.165) is 17.3 Å². The SMILES string of the molecule is N#CC1=C(SCC(=O)Nc2ccc(Cl)cc2)NC(=O)C[C@@H]1c1ccccc1Cl. The van der Waals surface area contributed by atoms with E-state index < -0.39 is 5.92 Å². The maximum absolute atomic E-state index is 12.2. The summed E-state index contributed by atoms with van der Waals surface area (Å²) in [6.07, 6.45) is 0.133. The van der Waals surface area contributed by atoms with Crippen LogP contribution in [0.25, 0.3) is 0 Å². The number of halogens is 2. The molecule has 5 nitrogen and oxygen atoms in total.